The molecule has 0 aromatic heterocycles. The van der Waals surface area contributed by atoms with Gasteiger partial charge >= 0.3 is 0 Å². The van der Waals surface area contributed by atoms with Crippen molar-refractivity contribution >= 4 is 11.8 Å². The standard InChI is InChI=1S/C25H39N3O4/c1-31-17-5-14-26-23(29)8-9-24(30)27-22-10-12-25(13-11-22,28-15-18-32-19-16-28)20-21-6-3-2-4-7-21/h2-4,6-7,22H,5,8-20H2,1H3,(H,26,29)(H,27,30). The molecular formula is C25H39N3O4. The molecule has 0 atom stereocenters. The predicted octanol–water partition coefficient (Wildman–Crippen LogP) is 2.29. The Labute approximate surface area is 192 Å². The summed E-state index contributed by atoms with van der Waals surface area (Å²) in [5.74, 6) is -0.0990. The lowest BCUT2D eigenvalue weighted by atomic mass is 9.74. The number of hydrogen-bond donors (Lipinski definition) is 2. The summed E-state index contributed by atoms with van der Waals surface area (Å²) in [5, 5.41) is 6.01. The van der Waals surface area contributed by atoms with E-state index in [1.54, 1.807) is 7.11 Å². The van der Waals surface area contributed by atoms with Crippen LogP contribution >= 0.6 is 0 Å². The highest BCUT2D eigenvalue weighted by molar-refractivity contribution is 5.83. The Morgan fingerprint density at radius 2 is 1.78 bits per heavy atom. The Balaban J connectivity index is 1.46. The first kappa shape index (κ1) is 24.7. The van der Waals surface area contributed by atoms with Crippen LogP contribution in [0.3, 0.4) is 0 Å². The fourth-order valence-corrected chi connectivity index (χ4v) is 4.98. The number of amides is 2. The van der Waals surface area contributed by atoms with Crippen molar-refractivity contribution in [3.8, 4) is 0 Å². The maximum atomic E-state index is 12.4. The SMILES string of the molecule is COCCCNC(=O)CCC(=O)NC1CCC(Cc2ccccc2)(N2CCOCC2)CC1. The Hall–Kier alpha value is -1.96. The normalized spacial score (nSPS) is 24.1. The number of ether oxygens (including phenoxy) is 2. The molecule has 1 aromatic rings. The summed E-state index contributed by atoms with van der Waals surface area (Å²) in [7, 11) is 1.64. The van der Waals surface area contributed by atoms with Gasteiger partial charge in [0.15, 0.2) is 0 Å². The molecular weight excluding hydrogens is 406 g/mol. The molecule has 178 valence electrons. The number of rotatable bonds is 11. The van der Waals surface area contributed by atoms with Gasteiger partial charge in [-0.3, -0.25) is 14.5 Å². The third-order valence-electron chi connectivity index (χ3n) is 6.77. The molecule has 2 fully saturated rings. The summed E-state index contributed by atoms with van der Waals surface area (Å²) >= 11 is 0. The number of carbonyl (C=O) groups is 2. The van der Waals surface area contributed by atoms with Crippen molar-refractivity contribution in [2.45, 2.75) is 62.9 Å². The van der Waals surface area contributed by atoms with Crippen molar-refractivity contribution in [2.24, 2.45) is 0 Å². The molecule has 1 saturated heterocycles. The largest absolute Gasteiger partial charge is 0.385 e. The van der Waals surface area contributed by atoms with E-state index in [1.807, 2.05) is 0 Å². The molecule has 1 aromatic carbocycles. The molecule has 1 heterocycles. The summed E-state index contributed by atoms with van der Waals surface area (Å²) in [6.45, 7) is 4.75. The van der Waals surface area contributed by atoms with E-state index in [2.05, 4.69) is 45.9 Å². The Kier molecular flexibility index (Phi) is 9.96. The number of morpholine rings is 1. The van der Waals surface area contributed by atoms with Crippen LogP contribution in [-0.2, 0) is 25.5 Å². The number of nitrogens with zero attached hydrogens (tertiary/aromatic N) is 1. The Morgan fingerprint density at radius 1 is 1.09 bits per heavy atom. The molecule has 0 bridgehead atoms. The average Bonchev–Trinajstić information content (AvgIpc) is 2.83. The zero-order valence-electron chi connectivity index (χ0n) is 19.4. The van der Waals surface area contributed by atoms with Gasteiger partial charge in [0.1, 0.15) is 0 Å². The van der Waals surface area contributed by atoms with E-state index in [4.69, 9.17) is 9.47 Å². The lowest BCUT2D eigenvalue weighted by molar-refractivity contribution is -0.127. The van der Waals surface area contributed by atoms with E-state index in [-0.39, 0.29) is 36.2 Å². The van der Waals surface area contributed by atoms with Gasteiger partial charge in [-0.05, 0) is 44.1 Å². The number of nitrogens with one attached hydrogen (secondary N) is 2. The van der Waals surface area contributed by atoms with Crippen LogP contribution in [0.1, 0.15) is 50.5 Å². The molecule has 1 aliphatic heterocycles. The molecule has 0 radical (unpaired) electrons. The van der Waals surface area contributed by atoms with Gasteiger partial charge in [0.25, 0.3) is 0 Å². The first-order valence-corrected chi connectivity index (χ1v) is 12.0. The number of hydrogen-bond acceptors (Lipinski definition) is 5. The number of carbonyl (C=O) groups excluding carboxylic acids is 2. The van der Waals surface area contributed by atoms with Crippen LogP contribution in [0.2, 0.25) is 0 Å². The minimum Gasteiger partial charge on any atom is -0.385 e. The topological polar surface area (TPSA) is 79.9 Å². The maximum absolute atomic E-state index is 12.4. The third kappa shape index (κ3) is 7.57. The molecule has 2 amide bonds. The van der Waals surface area contributed by atoms with Gasteiger partial charge in [-0.25, -0.2) is 0 Å². The van der Waals surface area contributed by atoms with Gasteiger partial charge in [0.2, 0.25) is 11.8 Å². The smallest absolute Gasteiger partial charge is 0.220 e. The lowest BCUT2D eigenvalue weighted by Crippen LogP contribution is -2.58. The average molecular weight is 446 g/mol. The zero-order valence-corrected chi connectivity index (χ0v) is 19.4. The van der Waals surface area contributed by atoms with Crippen molar-refractivity contribution in [1.82, 2.24) is 15.5 Å². The fraction of sp³-hybridized carbons (Fsp3) is 0.680. The second-order valence-corrected chi connectivity index (χ2v) is 9.02. The second kappa shape index (κ2) is 12.9. The lowest BCUT2D eigenvalue weighted by Gasteiger charge is -2.50. The molecule has 0 unspecified atom stereocenters. The van der Waals surface area contributed by atoms with Gasteiger partial charge in [0.05, 0.1) is 13.2 Å². The fourth-order valence-electron chi connectivity index (χ4n) is 4.98. The van der Waals surface area contributed by atoms with Crippen LogP contribution in [0, 0.1) is 0 Å². The summed E-state index contributed by atoms with van der Waals surface area (Å²) in [6, 6.07) is 10.9. The minimum absolute atomic E-state index is 0.0241. The molecule has 1 saturated carbocycles. The van der Waals surface area contributed by atoms with E-state index in [0.29, 0.717) is 13.2 Å². The highest BCUT2D eigenvalue weighted by Crippen LogP contribution is 2.37. The molecule has 2 aliphatic rings. The van der Waals surface area contributed by atoms with Gasteiger partial charge in [0, 0.05) is 57.8 Å². The molecule has 2 N–H and O–H groups in total. The summed E-state index contributed by atoms with van der Waals surface area (Å²) in [6.07, 6.45) is 6.36. The van der Waals surface area contributed by atoms with Crippen LogP contribution < -0.4 is 10.6 Å². The highest BCUT2D eigenvalue weighted by Gasteiger charge is 2.41. The molecule has 7 nitrogen and oxygen atoms in total. The van der Waals surface area contributed by atoms with Crippen molar-refractivity contribution in [3.63, 3.8) is 0 Å². The molecule has 1 aliphatic carbocycles. The van der Waals surface area contributed by atoms with E-state index in [1.165, 1.54) is 5.56 Å². The van der Waals surface area contributed by atoms with E-state index in [0.717, 1.165) is 64.8 Å². The molecule has 7 heteroatoms. The monoisotopic (exact) mass is 445 g/mol. The van der Waals surface area contributed by atoms with Crippen LogP contribution in [0.15, 0.2) is 30.3 Å². The van der Waals surface area contributed by atoms with Gasteiger partial charge in [-0.2, -0.15) is 0 Å². The van der Waals surface area contributed by atoms with Crippen LogP contribution in [-0.4, -0.2) is 74.9 Å². The predicted molar refractivity (Wildman–Crippen MR) is 124 cm³/mol. The second-order valence-electron chi connectivity index (χ2n) is 9.02. The van der Waals surface area contributed by atoms with Crippen molar-refractivity contribution in [3.05, 3.63) is 35.9 Å². The van der Waals surface area contributed by atoms with Gasteiger partial charge in [-0.1, -0.05) is 30.3 Å². The molecule has 3 rings (SSSR count). The van der Waals surface area contributed by atoms with E-state index >= 15 is 0 Å². The first-order chi connectivity index (χ1) is 15.6. The van der Waals surface area contributed by atoms with E-state index < -0.39 is 0 Å². The van der Waals surface area contributed by atoms with E-state index in [9.17, 15) is 9.59 Å². The number of methoxy groups -OCH3 is 1. The van der Waals surface area contributed by atoms with Gasteiger partial charge in [-0.15, -0.1) is 0 Å². The maximum Gasteiger partial charge on any atom is 0.220 e. The highest BCUT2D eigenvalue weighted by atomic mass is 16.5. The molecule has 32 heavy (non-hydrogen) atoms. The summed E-state index contributed by atoms with van der Waals surface area (Å²) in [5.41, 5.74) is 1.51. The Bertz CT molecular complexity index is 698. The van der Waals surface area contributed by atoms with Crippen LogP contribution in [0.4, 0.5) is 0 Å². The zero-order chi connectivity index (χ0) is 22.7. The quantitative estimate of drug-likeness (QED) is 0.511. The number of benzene rings is 1. The third-order valence-corrected chi connectivity index (χ3v) is 6.77. The van der Waals surface area contributed by atoms with Crippen molar-refractivity contribution < 1.29 is 19.1 Å². The molecule has 0 spiro atoms. The summed E-state index contributed by atoms with van der Waals surface area (Å²) < 4.78 is 10.6. The minimum atomic E-state index is -0.0749. The van der Waals surface area contributed by atoms with Gasteiger partial charge < -0.3 is 20.1 Å². The van der Waals surface area contributed by atoms with Crippen LogP contribution in [0.5, 0.6) is 0 Å². The Morgan fingerprint density at radius 3 is 2.47 bits per heavy atom. The first-order valence-electron chi connectivity index (χ1n) is 12.0. The van der Waals surface area contributed by atoms with Crippen LogP contribution in [0.25, 0.3) is 0 Å². The summed E-state index contributed by atoms with van der Waals surface area (Å²) in [4.78, 5) is 26.9. The van der Waals surface area contributed by atoms with Crippen molar-refractivity contribution in [1.29, 1.82) is 0 Å². The van der Waals surface area contributed by atoms with Crippen molar-refractivity contribution in [2.75, 3.05) is 46.6 Å².